The molecule has 0 aromatic heterocycles. The number of ether oxygens (including phenoxy) is 6. The Morgan fingerprint density at radius 3 is 0.651 bits per heavy atom. The SMILES string of the molecule is CC(CCCO)(c1ccc(OCCCC(C)(c2ccc(OCc3ccccc3)cc2)c2ccc(OCc3ccccc3)cc2)cc1)c1ccc(OCCCC(C)(c2ccc(OCc3ccccc3)cc2)c2ccc(OCc3ccccc3)cc2)cc1. The number of aliphatic hydroxyl groups excluding tert-OH is 1. The first-order valence-corrected chi connectivity index (χ1v) is 30.3. The minimum Gasteiger partial charge on any atom is -0.494 e. The molecule has 10 rings (SSSR count). The van der Waals surface area contributed by atoms with Crippen molar-refractivity contribution < 1.29 is 33.5 Å². The first-order valence-electron chi connectivity index (χ1n) is 30.3. The van der Waals surface area contributed by atoms with E-state index >= 15 is 0 Å². The van der Waals surface area contributed by atoms with Crippen molar-refractivity contribution in [3.63, 3.8) is 0 Å². The lowest BCUT2D eigenvalue weighted by atomic mass is 9.73. The van der Waals surface area contributed by atoms with E-state index in [1.54, 1.807) is 0 Å². The van der Waals surface area contributed by atoms with Crippen LogP contribution in [0.2, 0.25) is 0 Å². The van der Waals surface area contributed by atoms with Gasteiger partial charge >= 0.3 is 0 Å². The highest BCUT2D eigenvalue weighted by Gasteiger charge is 2.32. The second kappa shape index (κ2) is 29.7. The lowest BCUT2D eigenvalue weighted by Gasteiger charge is -2.32. The molecular formula is C79H80O7. The molecule has 1 N–H and O–H groups in total. The molecule has 0 amide bonds. The summed E-state index contributed by atoms with van der Waals surface area (Å²) in [5.74, 6) is 5.01. The summed E-state index contributed by atoms with van der Waals surface area (Å²) >= 11 is 0. The van der Waals surface area contributed by atoms with Crippen molar-refractivity contribution in [1.82, 2.24) is 0 Å². The van der Waals surface area contributed by atoms with Crippen molar-refractivity contribution in [2.24, 2.45) is 0 Å². The van der Waals surface area contributed by atoms with Crippen molar-refractivity contribution >= 4 is 0 Å². The maximum atomic E-state index is 10.1. The highest BCUT2D eigenvalue weighted by Crippen LogP contribution is 2.42. The number of hydrogen-bond donors (Lipinski definition) is 1. The van der Waals surface area contributed by atoms with Gasteiger partial charge in [0.25, 0.3) is 0 Å². The highest BCUT2D eigenvalue weighted by atomic mass is 16.5. The summed E-state index contributed by atoms with van der Waals surface area (Å²) < 4.78 is 37.7. The van der Waals surface area contributed by atoms with E-state index in [4.69, 9.17) is 28.4 Å². The molecule has 0 saturated heterocycles. The largest absolute Gasteiger partial charge is 0.494 e. The molecule has 438 valence electrons. The predicted molar refractivity (Wildman–Crippen MR) is 347 cm³/mol. The molecule has 0 aliphatic rings. The van der Waals surface area contributed by atoms with Gasteiger partial charge in [0.1, 0.15) is 60.9 Å². The fraction of sp³-hybridized carbons (Fsp3) is 0.241. The van der Waals surface area contributed by atoms with Gasteiger partial charge in [-0.25, -0.2) is 0 Å². The van der Waals surface area contributed by atoms with Crippen LogP contribution in [0.25, 0.3) is 0 Å². The summed E-state index contributed by atoms with van der Waals surface area (Å²) in [5, 5.41) is 10.1. The topological polar surface area (TPSA) is 75.6 Å². The summed E-state index contributed by atoms with van der Waals surface area (Å²) in [6, 6.07) is 92.3. The van der Waals surface area contributed by atoms with Crippen LogP contribution in [0, 0.1) is 0 Å². The van der Waals surface area contributed by atoms with E-state index in [-0.39, 0.29) is 22.9 Å². The average Bonchev–Trinajstić information content (AvgIpc) is 1.94. The molecule has 0 fully saturated rings. The molecule has 86 heavy (non-hydrogen) atoms. The van der Waals surface area contributed by atoms with Gasteiger partial charge in [-0.05, 0) is 167 Å². The van der Waals surface area contributed by atoms with Gasteiger partial charge in [0.05, 0.1) is 13.2 Å². The van der Waals surface area contributed by atoms with Crippen molar-refractivity contribution in [3.8, 4) is 34.5 Å². The van der Waals surface area contributed by atoms with Crippen molar-refractivity contribution in [2.75, 3.05) is 19.8 Å². The Kier molecular flexibility index (Phi) is 20.7. The molecule has 0 unspecified atom stereocenters. The van der Waals surface area contributed by atoms with Crippen molar-refractivity contribution in [2.45, 2.75) is 102 Å². The molecule has 0 aliphatic heterocycles. The van der Waals surface area contributed by atoms with Crippen LogP contribution in [0.1, 0.15) is 115 Å². The fourth-order valence-corrected chi connectivity index (χ4v) is 11.5. The second-order valence-electron chi connectivity index (χ2n) is 23.0. The number of rotatable bonds is 31. The van der Waals surface area contributed by atoms with Gasteiger partial charge in [-0.1, -0.05) is 215 Å². The third-order valence-electron chi connectivity index (χ3n) is 17.0. The number of aliphatic hydroxyl groups is 1. The van der Waals surface area contributed by atoms with Gasteiger partial charge in [-0.2, -0.15) is 0 Å². The van der Waals surface area contributed by atoms with E-state index in [1.165, 1.54) is 22.3 Å². The van der Waals surface area contributed by atoms with Gasteiger partial charge in [0.15, 0.2) is 0 Å². The van der Waals surface area contributed by atoms with Crippen molar-refractivity contribution in [1.29, 1.82) is 0 Å². The Labute approximate surface area is 509 Å². The molecular weight excluding hydrogens is 1060 g/mol. The van der Waals surface area contributed by atoms with E-state index < -0.39 is 0 Å². The van der Waals surface area contributed by atoms with Gasteiger partial charge in [0.2, 0.25) is 0 Å². The second-order valence-corrected chi connectivity index (χ2v) is 23.0. The standard InChI is InChI=1S/C79H80O7/c1-77(51-16-54-80,65-27-39-71(40-28-65)81-55-17-52-78(2,67-31-43-73(44-32-67)83-57-61-19-8-4-9-20-61)68-33-45-74(46-34-68)84-58-62-21-10-5-11-22-62)66-29-41-72(42-30-66)82-56-18-53-79(3,69-35-47-75(48-36-69)85-59-63-23-12-6-13-24-63)70-37-49-76(50-38-70)86-60-64-25-14-7-15-26-64/h4-15,19-50,80H,16-18,51-60H2,1-3H3. The lowest BCUT2D eigenvalue weighted by Crippen LogP contribution is -2.25. The molecule has 10 aromatic rings. The third kappa shape index (κ3) is 16.0. The summed E-state index contributed by atoms with van der Waals surface area (Å²) in [5.41, 5.74) is 10.7. The fourth-order valence-electron chi connectivity index (χ4n) is 11.5. The summed E-state index contributed by atoms with van der Waals surface area (Å²) in [4.78, 5) is 0. The quantitative estimate of drug-likeness (QED) is 0.0434. The monoisotopic (exact) mass is 1140 g/mol. The average molecular weight is 1140 g/mol. The first kappa shape index (κ1) is 60.1. The molecule has 10 aromatic carbocycles. The smallest absolute Gasteiger partial charge is 0.119 e. The molecule has 7 nitrogen and oxygen atoms in total. The van der Waals surface area contributed by atoms with Crippen LogP contribution in [0.3, 0.4) is 0 Å². The molecule has 0 bridgehead atoms. The molecule has 0 radical (unpaired) electrons. The zero-order valence-electron chi connectivity index (χ0n) is 50.0. The molecule has 0 spiro atoms. The van der Waals surface area contributed by atoms with Crippen LogP contribution in [0.5, 0.6) is 34.5 Å². The van der Waals surface area contributed by atoms with Gasteiger partial charge in [-0.3, -0.25) is 0 Å². The zero-order valence-corrected chi connectivity index (χ0v) is 50.0. The minimum absolute atomic E-state index is 0.118. The molecule has 0 heterocycles. The van der Waals surface area contributed by atoms with E-state index in [0.717, 1.165) is 100.0 Å². The molecule has 7 heteroatoms. The first-order chi connectivity index (χ1) is 42.1. The van der Waals surface area contributed by atoms with Crippen molar-refractivity contribution in [3.05, 3.63) is 323 Å². The minimum atomic E-state index is -0.349. The van der Waals surface area contributed by atoms with Crippen LogP contribution < -0.4 is 28.4 Å². The van der Waals surface area contributed by atoms with Gasteiger partial charge < -0.3 is 33.5 Å². The Balaban J connectivity index is 0.762. The maximum Gasteiger partial charge on any atom is 0.119 e. The maximum absolute atomic E-state index is 10.1. The summed E-state index contributed by atoms with van der Waals surface area (Å²) in [6.07, 6.45) is 4.83. The summed E-state index contributed by atoms with van der Waals surface area (Å²) in [6.45, 7) is 10.2. The Bertz CT molecular complexity index is 3150. The predicted octanol–water partition coefficient (Wildman–Crippen LogP) is 18.4. The van der Waals surface area contributed by atoms with Crippen LogP contribution in [0.4, 0.5) is 0 Å². The normalized spacial score (nSPS) is 11.6. The Morgan fingerprint density at radius 2 is 0.442 bits per heavy atom. The summed E-state index contributed by atoms with van der Waals surface area (Å²) in [7, 11) is 0. The van der Waals surface area contributed by atoms with E-state index in [9.17, 15) is 5.11 Å². The molecule has 0 aliphatic carbocycles. The van der Waals surface area contributed by atoms with Gasteiger partial charge in [-0.15, -0.1) is 0 Å². The van der Waals surface area contributed by atoms with Crippen LogP contribution >= 0.6 is 0 Å². The number of benzene rings is 10. The molecule has 0 atom stereocenters. The highest BCUT2D eigenvalue weighted by molar-refractivity contribution is 5.46. The van der Waals surface area contributed by atoms with E-state index in [1.807, 2.05) is 72.8 Å². The van der Waals surface area contributed by atoms with E-state index in [0.29, 0.717) is 46.1 Å². The third-order valence-corrected chi connectivity index (χ3v) is 17.0. The van der Waals surface area contributed by atoms with Crippen LogP contribution in [0.15, 0.2) is 267 Å². The van der Waals surface area contributed by atoms with Crippen LogP contribution in [-0.2, 0) is 42.7 Å². The lowest BCUT2D eigenvalue weighted by molar-refractivity contribution is 0.271. The Hall–Kier alpha value is -9.04. The van der Waals surface area contributed by atoms with E-state index in [2.05, 4.69) is 215 Å². The Morgan fingerprint density at radius 1 is 0.244 bits per heavy atom. The molecule has 0 saturated carbocycles. The van der Waals surface area contributed by atoms with Crippen LogP contribution in [-0.4, -0.2) is 24.9 Å². The number of hydrogen-bond acceptors (Lipinski definition) is 7. The zero-order chi connectivity index (χ0) is 59.3. The van der Waals surface area contributed by atoms with Gasteiger partial charge in [0, 0.05) is 22.9 Å².